The first-order valence-corrected chi connectivity index (χ1v) is 13.6. The van der Waals surface area contributed by atoms with Crippen molar-refractivity contribution in [1.29, 1.82) is 0 Å². The van der Waals surface area contributed by atoms with Crippen LogP contribution in [0.15, 0.2) is 4.79 Å². The fourth-order valence-electron chi connectivity index (χ4n) is 6.27. The summed E-state index contributed by atoms with van der Waals surface area (Å²) in [5, 5.41) is 19.9. The van der Waals surface area contributed by atoms with E-state index in [2.05, 4.69) is 34.5 Å². The molecule has 0 spiro atoms. The molecule has 2 aromatic heterocycles. The van der Waals surface area contributed by atoms with Gasteiger partial charge in [-0.25, -0.2) is 9.48 Å². The minimum atomic E-state index is 0.115. The quantitative estimate of drug-likeness (QED) is 0.486. The van der Waals surface area contributed by atoms with Crippen molar-refractivity contribution in [2.24, 2.45) is 17.8 Å². The highest BCUT2D eigenvalue weighted by molar-refractivity contribution is 5.00. The number of aromatic amines is 1. The summed E-state index contributed by atoms with van der Waals surface area (Å²) in [5.74, 6) is 4.40. The number of rotatable bonds is 11. The van der Waals surface area contributed by atoms with Gasteiger partial charge in [-0.1, -0.05) is 51.2 Å². The Kier molecular flexibility index (Phi) is 8.73. The van der Waals surface area contributed by atoms with Gasteiger partial charge < -0.3 is 0 Å². The van der Waals surface area contributed by atoms with E-state index in [0.717, 1.165) is 69.2 Å². The van der Waals surface area contributed by atoms with E-state index in [-0.39, 0.29) is 5.69 Å². The first kappa shape index (κ1) is 24.1. The normalized spacial score (nSPS) is 26.0. The highest BCUT2D eigenvalue weighted by Gasteiger charge is 2.37. The first-order chi connectivity index (χ1) is 16.2. The smallest absolute Gasteiger partial charge is 0.279 e. The van der Waals surface area contributed by atoms with Gasteiger partial charge in [0.05, 0.1) is 0 Å². The molecule has 2 saturated carbocycles. The molecule has 2 unspecified atom stereocenters. The Balaban J connectivity index is 1.38. The van der Waals surface area contributed by atoms with E-state index in [1.807, 2.05) is 4.57 Å². The topological polar surface area (TPSA) is 94.3 Å². The molecule has 4 rings (SSSR count). The summed E-state index contributed by atoms with van der Waals surface area (Å²) in [6, 6.07) is 0. The van der Waals surface area contributed by atoms with Crippen molar-refractivity contribution >= 4 is 0 Å². The number of H-pyrrole nitrogens is 1. The third-order valence-corrected chi connectivity index (χ3v) is 8.18. The summed E-state index contributed by atoms with van der Waals surface area (Å²) in [7, 11) is 0. The maximum atomic E-state index is 13.1. The third kappa shape index (κ3) is 5.93. The number of tetrazole rings is 1. The van der Waals surface area contributed by atoms with E-state index in [4.69, 9.17) is 5.10 Å². The zero-order valence-electron chi connectivity index (χ0n) is 20.7. The summed E-state index contributed by atoms with van der Waals surface area (Å²) in [6.45, 7) is 6.00. The summed E-state index contributed by atoms with van der Waals surface area (Å²) in [6.07, 6.45) is 16.5. The van der Waals surface area contributed by atoms with Gasteiger partial charge >= 0.3 is 5.69 Å². The number of aryl methyl sites for hydroxylation is 2. The van der Waals surface area contributed by atoms with Crippen LogP contribution in [0.3, 0.4) is 0 Å². The van der Waals surface area contributed by atoms with Crippen molar-refractivity contribution in [2.75, 3.05) is 0 Å². The zero-order valence-corrected chi connectivity index (χ0v) is 20.7. The Labute approximate surface area is 197 Å². The molecule has 2 heterocycles. The Bertz CT molecular complexity index is 879. The summed E-state index contributed by atoms with van der Waals surface area (Å²) >= 11 is 0. The van der Waals surface area contributed by atoms with Gasteiger partial charge in [-0.3, -0.25) is 4.57 Å². The molecule has 2 fully saturated rings. The van der Waals surface area contributed by atoms with Gasteiger partial charge in [0.1, 0.15) is 5.82 Å². The predicted molar refractivity (Wildman–Crippen MR) is 129 cm³/mol. The molecule has 0 amide bonds. The van der Waals surface area contributed by atoms with Crippen LogP contribution in [0.2, 0.25) is 0 Å². The molecule has 0 bridgehead atoms. The highest BCUT2D eigenvalue weighted by atomic mass is 16.2. The van der Waals surface area contributed by atoms with Gasteiger partial charge in [0, 0.05) is 25.4 Å². The van der Waals surface area contributed by atoms with Crippen LogP contribution in [0.25, 0.3) is 0 Å². The first-order valence-electron chi connectivity index (χ1n) is 13.6. The highest BCUT2D eigenvalue weighted by Crippen LogP contribution is 2.46. The standard InChI is InChI=1S/C25H43N7O/c1-3-5-9-17-32-25(33)31(23(28-32)12-6-4-2)18-19-13-15-20(16-14-19)21-10-7-8-11-22(21)24-26-29-30-27-24/h19-22H,3-18H2,1-2H3,(H,26,27,29,30). The van der Waals surface area contributed by atoms with Crippen molar-refractivity contribution in [3.05, 3.63) is 22.1 Å². The van der Waals surface area contributed by atoms with Gasteiger partial charge in [-0.05, 0) is 69.1 Å². The van der Waals surface area contributed by atoms with Gasteiger partial charge in [0.2, 0.25) is 0 Å². The minimum Gasteiger partial charge on any atom is -0.279 e. The molecule has 2 atom stereocenters. The average molecular weight is 458 g/mol. The SMILES string of the molecule is CCCCCn1nc(CCCC)n(CC2CCC(C3CCCCC3c3nn[nH]n3)CC2)c1=O. The van der Waals surface area contributed by atoms with Crippen LogP contribution in [-0.4, -0.2) is 35.0 Å². The molecular weight excluding hydrogens is 414 g/mol. The third-order valence-electron chi connectivity index (χ3n) is 8.18. The van der Waals surface area contributed by atoms with Crippen LogP contribution in [0, 0.1) is 17.8 Å². The molecule has 184 valence electrons. The molecule has 0 aromatic carbocycles. The molecular formula is C25H43N7O. The number of unbranched alkanes of at least 4 members (excludes halogenated alkanes) is 3. The van der Waals surface area contributed by atoms with E-state index in [9.17, 15) is 4.79 Å². The maximum absolute atomic E-state index is 13.1. The van der Waals surface area contributed by atoms with Crippen LogP contribution >= 0.6 is 0 Å². The average Bonchev–Trinajstić information content (AvgIpc) is 3.48. The Morgan fingerprint density at radius 1 is 0.970 bits per heavy atom. The zero-order chi connectivity index (χ0) is 23.0. The summed E-state index contributed by atoms with van der Waals surface area (Å²) in [5.41, 5.74) is 0.115. The predicted octanol–water partition coefficient (Wildman–Crippen LogP) is 4.87. The lowest BCUT2D eigenvalue weighted by Gasteiger charge is -2.39. The lowest BCUT2D eigenvalue weighted by Crippen LogP contribution is -2.32. The van der Waals surface area contributed by atoms with Crippen molar-refractivity contribution in [3.8, 4) is 0 Å². The van der Waals surface area contributed by atoms with E-state index in [1.165, 1.54) is 51.4 Å². The van der Waals surface area contributed by atoms with Gasteiger partial charge in [0.25, 0.3) is 0 Å². The molecule has 0 aliphatic heterocycles. The maximum Gasteiger partial charge on any atom is 0.345 e. The monoisotopic (exact) mass is 457 g/mol. The minimum absolute atomic E-state index is 0.115. The van der Waals surface area contributed by atoms with E-state index in [1.54, 1.807) is 4.68 Å². The Morgan fingerprint density at radius 3 is 2.48 bits per heavy atom. The summed E-state index contributed by atoms with van der Waals surface area (Å²) < 4.78 is 3.76. The molecule has 2 aromatic rings. The number of hydrogen-bond donors (Lipinski definition) is 1. The van der Waals surface area contributed by atoms with E-state index in [0.29, 0.717) is 17.8 Å². The molecule has 33 heavy (non-hydrogen) atoms. The van der Waals surface area contributed by atoms with Gasteiger partial charge in [-0.15, -0.1) is 10.2 Å². The lowest BCUT2D eigenvalue weighted by molar-refractivity contribution is 0.137. The number of nitrogens with one attached hydrogen (secondary N) is 1. The lowest BCUT2D eigenvalue weighted by atomic mass is 9.66. The molecule has 2 aliphatic rings. The molecule has 8 heteroatoms. The molecule has 1 N–H and O–H groups in total. The molecule has 8 nitrogen and oxygen atoms in total. The Hall–Kier alpha value is -1.99. The van der Waals surface area contributed by atoms with Crippen LogP contribution in [0.5, 0.6) is 0 Å². The van der Waals surface area contributed by atoms with Gasteiger partial charge in [-0.2, -0.15) is 10.3 Å². The fourth-order valence-corrected chi connectivity index (χ4v) is 6.27. The van der Waals surface area contributed by atoms with Crippen LogP contribution < -0.4 is 5.69 Å². The second-order valence-electron chi connectivity index (χ2n) is 10.4. The fraction of sp³-hybridized carbons (Fsp3) is 0.880. The largest absolute Gasteiger partial charge is 0.345 e. The van der Waals surface area contributed by atoms with Crippen LogP contribution in [-0.2, 0) is 19.5 Å². The van der Waals surface area contributed by atoms with Crippen LogP contribution in [0.1, 0.15) is 115 Å². The van der Waals surface area contributed by atoms with Crippen LogP contribution in [0.4, 0.5) is 0 Å². The number of nitrogens with zero attached hydrogens (tertiary/aromatic N) is 6. The second-order valence-corrected chi connectivity index (χ2v) is 10.4. The molecule has 2 aliphatic carbocycles. The number of aromatic nitrogens is 7. The van der Waals surface area contributed by atoms with E-state index < -0.39 is 0 Å². The van der Waals surface area contributed by atoms with Crippen molar-refractivity contribution in [1.82, 2.24) is 35.0 Å². The van der Waals surface area contributed by atoms with E-state index >= 15 is 0 Å². The Morgan fingerprint density at radius 2 is 1.76 bits per heavy atom. The summed E-state index contributed by atoms with van der Waals surface area (Å²) in [4.78, 5) is 13.1. The van der Waals surface area contributed by atoms with Crippen molar-refractivity contribution in [2.45, 2.75) is 123 Å². The second kappa shape index (κ2) is 11.9. The molecule has 0 radical (unpaired) electrons. The van der Waals surface area contributed by atoms with Crippen molar-refractivity contribution < 1.29 is 0 Å². The van der Waals surface area contributed by atoms with Gasteiger partial charge in [0.15, 0.2) is 5.82 Å². The molecule has 0 saturated heterocycles. The van der Waals surface area contributed by atoms with Crippen molar-refractivity contribution in [3.63, 3.8) is 0 Å². The number of hydrogen-bond acceptors (Lipinski definition) is 5.